The molecule has 0 saturated heterocycles. The lowest BCUT2D eigenvalue weighted by molar-refractivity contribution is 0.170. The first-order valence-corrected chi connectivity index (χ1v) is 6.54. The topological polar surface area (TPSA) is 50.1 Å². The first-order valence-electron chi connectivity index (χ1n) is 6.54. The van der Waals surface area contributed by atoms with Crippen LogP contribution in [0.3, 0.4) is 0 Å². The van der Waals surface area contributed by atoms with Gasteiger partial charge in [-0.15, -0.1) is 0 Å². The molecule has 0 bridgehead atoms. The van der Waals surface area contributed by atoms with Gasteiger partial charge in [-0.2, -0.15) is 5.10 Å². The van der Waals surface area contributed by atoms with Crippen molar-refractivity contribution in [1.82, 2.24) is 15.1 Å². The van der Waals surface area contributed by atoms with Crippen LogP contribution in [-0.2, 0) is 7.05 Å². The van der Waals surface area contributed by atoms with Crippen molar-refractivity contribution in [3.05, 3.63) is 53.3 Å². The number of aromatic nitrogens is 2. The molecule has 1 heterocycles. The molecule has 19 heavy (non-hydrogen) atoms. The fourth-order valence-electron chi connectivity index (χ4n) is 2.13. The maximum Gasteiger partial charge on any atom is 0.0914 e. The van der Waals surface area contributed by atoms with Crippen LogP contribution in [-0.4, -0.2) is 21.4 Å². The summed E-state index contributed by atoms with van der Waals surface area (Å²) < 4.78 is 1.86. The summed E-state index contributed by atoms with van der Waals surface area (Å²) in [6.45, 7) is 4.66. The van der Waals surface area contributed by atoms with Gasteiger partial charge in [0.05, 0.1) is 12.3 Å². The van der Waals surface area contributed by atoms with Crippen LogP contribution >= 0.6 is 0 Å². The highest BCUT2D eigenvalue weighted by molar-refractivity contribution is 5.20. The van der Waals surface area contributed by atoms with Crippen LogP contribution in [0.5, 0.6) is 0 Å². The number of hydrogen-bond acceptors (Lipinski definition) is 3. The van der Waals surface area contributed by atoms with E-state index in [4.69, 9.17) is 0 Å². The van der Waals surface area contributed by atoms with Crippen LogP contribution in [0.2, 0.25) is 0 Å². The lowest BCUT2D eigenvalue weighted by Crippen LogP contribution is -2.25. The number of hydrogen-bond donors (Lipinski definition) is 2. The third kappa shape index (κ3) is 3.22. The van der Waals surface area contributed by atoms with E-state index in [1.165, 1.54) is 5.56 Å². The summed E-state index contributed by atoms with van der Waals surface area (Å²) in [5, 5.41) is 17.7. The Balaban J connectivity index is 1.94. The Morgan fingerprint density at radius 1 is 1.32 bits per heavy atom. The van der Waals surface area contributed by atoms with E-state index in [-0.39, 0.29) is 6.04 Å². The Kier molecular flexibility index (Phi) is 4.35. The molecule has 4 nitrogen and oxygen atoms in total. The smallest absolute Gasteiger partial charge is 0.0914 e. The van der Waals surface area contributed by atoms with Crippen molar-refractivity contribution in [3.63, 3.8) is 0 Å². The van der Waals surface area contributed by atoms with Crippen LogP contribution < -0.4 is 5.32 Å². The lowest BCUT2D eigenvalue weighted by Gasteiger charge is -2.17. The molecule has 4 heteroatoms. The zero-order chi connectivity index (χ0) is 13.8. The van der Waals surface area contributed by atoms with E-state index in [0.29, 0.717) is 6.54 Å². The molecule has 2 atom stereocenters. The molecule has 0 spiro atoms. The van der Waals surface area contributed by atoms with E-state index in [2.05, 4.69) is 17.3 Å². The van der Waals surface area contributed by atoms with E-state index in [9.17, 15) is 5.11 Å². The minimum atomic E-state index is -0.486. The van der Waals surface area contributed by atoms with Crippen molar-refractivity contribution in [2.45, 2.75) is 26.0 Å². The van der Waals surface area contributed by atoms with Gasteiger partial charge >= 0.3 is 0 Å². The molecule has 1 aromatic carbocycles. The Morgan fingerprint density at radius 3 is 2.58 bits per heavy atom. The van der Waals surface area contributed by atoms with Gasteiger partial charge in [-0.1, -0.05) is 30.3 Å². The summed E-state index contributed by atoms with van der Waals surface area (Å²) in [5.41, 5.74) is 3.25. The molecular weight excluding hydrogens is 238 g/mol. The molecule has 2 unspecified atom stereocenters. The average molecular weight is 259 g/mol. The Morgan fingerprint density at radius 2 is 2.00 bits per heavy atom. The molecule has 0 saturated carbocycles. The Labute approximate surface area is 114 Å². The molecule has 0 aliphatic rings. The van der Waals surface area contributed by atoms with Crippen molar-refractivity contribution < 1.29 is 5.11 Å². The van der Waals surface area contributed by atoms with E-state index >= 15 is 0 Å². The number of rotatable bonds is 5. The zero-order valence-electron chi connectivity index (χ0n) is 11.7. The summed E-state index contributed by atoms with van der Waals surface area (Å²) in [7, 11) is 1.93. The zero-order valence-corrected chi connectivity index (χ0v) is 11.7. The SMILES string of the molecule is Cc1c(C(C)NCC(O)c2ccccc2)cnn1C. The van der Waals surface area contributed by atoms with E-state index in [0.717, 1.165) is 11.3 Å². The largest absolute Gasteiger partial charge is 0.387 e. The number of aliphatic hydroxyl groups excluding tert-OH is 1. The second kappa shape index (κ2) is 5.99. The second-order valence-electron chi connectivity index (χ2n) is 4.87. The first-order chi connectivity index (χ1) is 9.09. The van der Waals surface area contributed by atoms with Gasteiger partial charge in [0, 0.05) is 30.9 Å². The summed E-state index contributed by atoms with van der Waals surface area (Å²) in [6.07, 6.45) is 1.39. The summed E-state index contributed by atoms with van der Waals surface area (Å²) in [4.78, 5) is 0. The molecule has 2 rings (SSSR count). The number of nitrogens with zero attached hydrogens (tertiary/aromatic N) is 2. The van der Waals surface area contributed by atoms with Crippen molar-refractivity contribution in [3.8, 4) is 0 Å². The van der Waals surface area contributed by atoms with Crippen LogP contribution in [0.1, 0.15) is 35.9 Å². The third-order valence-corrected chi connectivity index (χ3v) is 3.54. The van der Waals surface area contributed by atoms with Gasteiger partial charge in [0.1, 0.15) is 0 Å². The number of aryl methyl sites for hydroxylation is 1. The van der Waals surface area contributed by atoms with E-state index < -0.39 is 6.10 Å². The third-order valence-electron chi connectivity index (χ3n) is 3.54. The summed E-state index contributed by atoms with van der Waals surface area (Å²) in [5.74, 6) is 0. The van der Waals surface area contributed by atoms with Gasteiger partial charge in [0.2, 0.25) is 0 Å². The second-order valence-corrected chi connectivity index (χ2v) is 4.87. The maximum atomic E-state index is 10.1. The van der Waals surface area contributed by atoms with Gasteiger partial charge in [-0.05, 0) is 19.4 Å². The average Bonchev–Trinajstić information content (AvgIpc) is 2.77. The van der Waals surface area contributed by atoms with Crippen molar-refractivity contribution in [1.29, 1.82) is 0 Å². The quantitative estimate of drug-likeness (QED) is 0.864. The van der Waals surface area contributed by atoms with E-state index in [1.54, 1.807) is 0 Å². The van der Waals surface area contributed by atoms with Crippen LogP contribution in [0, 0.1) is 6.92 Å². The van der Waals surface area contributed by atoms with Crippen molar-refractivity contribution in [2.24, 2.45) is 7.05 Å². The number of aliphatic hydroxyl groups is 1. The highest BCUT2D eigenvalue weighted by atomic mass is 16.3. The molecule has 0 amide bonds. The van der Waals surface area contributed by atoms with Crippen LogP contribution in [0.4, 0.5) is 0 Å². The normalized spacial score (nSPS) is 14.3. The highest BCUT2D eigenvalue weighted by Crippen LogP contribution is 2.17. The molecule has 0 fully saturated rings. The molecule has 0 aliphatic heterocycles. The predicted molar refractivity (Wildman–Crippen MR) is 75.8 cm³/mol. The predicted octanol–water partition coefficient (Wildman–Crippen LogP) is 2.11. The fourth-order valence-corrected chi connectivity index (χ4v) is 2.13. The van der Waals surface area contributed by atoms with Gasteiger partial charge in [-0.25, -0.2) is 0 Å². The molecule has 1 aromatic heterocycles. The minimum Gasteiger partial charge on any atom is -0.387 e. The van der Waals surface area contributed by atoms with Crippen LogP contribution in [0.25, 0.3) is 0 Å². The minimum absolute atomic E-state index is 0.173. The number of nitrogens with one attached hydrogen (secondary N) is 1. The van der Waals surface area contributed by atoms with Gasteiger partial charge < -0.3 is 10.4 Å². The van der Waals surface area contributed by atoms with E-state index in [1.807, 2.05) is 55.2 Å². The molecule has 0 aliphatic carbocycles. The van der Waals surface area contributed by atoms with Gasteiger partial charge in [-0.3, -0.25) is 4.68 Å². The maximum absolute atomic E-state index is 10.1. The summed E-state index contributed by atoms with van der Waals surface area (Å²) in [6, 6.07) is 9.87. The Bertz CT molecular complexity index is 521. The van der Waals surface area contributed by atoms with Crippen molar-refractivity contribution in [2.75, 3.05) is 6.54 Å². The van der Waals surface area contributed by atoms with Crippen LogP contribution in [0.15, 0.2) is 36.5 Å². The molecule has 2 aromatic rings. The molecular formula is C15H21N3O. The van der Waals surface area contributed by atoms with Gasteiger partial charge in [0.15, 0.2) is 0 Å². The fraction of sp³-hybridized carbons (Fsp3) is 0.400. The van der Waals surface area contributed by atoms with Crippen molar-refractivity contribution >= 4 is 0 Å². The molecule has 102 valence electrons. The van der Waals surface area contributed by atoms with Gasteiger partial charge in [0.25, 0.3) is 0 Å². The monoisotopic (exact) mass is 259 g/mol. The number of benzene rings is 1. The first kappa shape index (κ1) is 13.8. The molecule has 0 radical (unpaired) electrons. The highest BCUT2D eigenvalue weighted by Gasteiger charge is 2.13. The standard InChI is InChI=1S/C15H21N3O/c1-11(14-9-17-18(3)12(14)2)16-10-15(19)13-7-5-4-6-8-13/h4-9,11,15-16,19H,10H2,1-3H3. The molecule has 2 N–H and O–H groups in total. The Hall–Kier alpha value is -1.65. The lowest BCUT2D eigenvalue weighted by atomic mass is 10.1. The summed E-state index contributed by atoms with van der Waals surface area (Å²) >= 11 is 0.